The van der Waals surface area contributed by atoms with Crippen LogP contribution in [0.5, 0.6) is 0 Å². The molecule has 1 aliphatic carbocycles. The van der Waals surface area contributed by atoms with Crippen LogP contribution in [0, 0.1) is 5.92 Å². The molecule has 0 aromatic rings. The summed E-state index contributed by atoms with van der Waals surface area (Å²) in [5.74, 6) is 0.995. The van der Waals surface area contributed by atoms with Crippen LogP contribution < -0.4 is 11.1 Å². The second-order valence-corrected chi connectivity index (χ2v) is 5.69. The average Bonchev–Trinajstić information content (AvgIpc) is 3.08. The first-order chi connectivity index (χ1) is 8.50. The van der Waals surface area contributed by atoms with E-state index >= 15 is 0 Å². The molecule has 4 heteroatoms. The monoisotopic (exact) mass is 251 g/mol. The smallest absolute Gasteiger partial charge is 0.219 e. The lowest BCUT2D eigenvalue weighted by Crippen LogP contribution is -2.48. The van der Waals surface area contributed by atoms with Gasteiger partial charge in [0.15, 0.2) is 0 Å². The standard InChI is InChI=1S/C14H25N3O/c1-9(15)14-10(2)17(11(3)18)7-6-13(14)16-8-12-4-5-12/h9-10,12,16H,4-8,15H2,1-3H3. The van der Waals surface area contributed by atoms with Gasteiger partial charge in [0.25, 0.3) is 0 Å². The molecule has 1 saturated carbocycles. The Balaban J connectivity index is 2.13. The van der Waals surface area contributed by atoms with Crippen LogP contribution in [0.4, 0.5) is 0 Å². The number of carbonyl (C=O) groups excluding carboxylic acids is 1. The summed E-state index contributed by atoms with van der Waals surface area (Å²) in [4.78, 5) is 13.5. The van der Waals surface area contributed by atoms with Gasteiger partial charge in [-0.2, -0.15) is 0 Å². The maximum Gasteiger partial charge on any atom is 0.219 e. The summed E-state index contributed by atoms with van der Waals surface area (Å²) < 4.78 is 0. The molecular formula is C14H25N3O. The summed E-state index contributed by atoms with van der Waals surface area (Å²) in [7, 11) is 0. The molecule has 0 bridgehead atoms. The lowest BCUT2D eigenvalue weighted by Gasteiger charge is -2.38. The third-order valence-corrected chi connectivity index (χ3v) is 4.06. The van der Waals surface area contributed by atoms with E-state index in [4.69, 9.17) is 5.73 Å². The molecule has 2 atom stereocenters. The van der Waals surface area contributed by atoms with Crippen molar-refractivity contribution in [1.29, 1.82) is 0 Å². The van der Waals surface area contributed by atoms with Crippen molar-refractivity contribution < 1.29 is 4.79 Å². The number of amides is 1. The van der Waals surface area contributed by atoms with Crippen LogP contribution in [0.25, 0.3) is 0 Å². The fourth-order valence-electron chi connectivity index (χ4n) is 2.86. The first-order valence-corrected chi connectivity index (χ1v) is 7.00. The Hall–Kier alpha value is -1.03. The van der Waals surface area contributed by atoms with E-state index < -0.39 is 0 Å². The molecule has 2 aliphatic rings. The van der Waals surface area contributed by atoms with Gasteiger partial charge in [-0.05, 0) is 38.2 Å². The van der Waals surface area contributed by atoms with Gasteiger partial charge in [-0.3, -0.25) is 4.79 Å². The molecule has 1 amide bonds. The van der Waals surface area contributed by atoms with Gasteiger partial charge in [-0.1, -0.05) is 0 Å². The second-order valence-electron chi connectivity index (χ2n) is 5.69. The number of rotatable bonds is 4. The lowest BCUT2D eigenvalue weighted by atomic mass is 9.92. The van der Waals surface area contributed by atoms with Crippen molar-refractivity contribution in [3.8, 4) is 0 Å². The zero-order valence-electron chi connectivity index (χ0n) is 11.7. The highest BCUT2D eigenvalue weighted by atomic mass is 16.2. The average molecular weight is 251 g/mol. The van der Waals surface area contributed by atoms with Gasteiger partial charge in [-0.25, -0.2) is 0 Å². The van der Waals surface area contributed by atoms with E-state index in [1.165, 1.54) is 24.1 Å². The van der Waals surface area contributed by atoms with Crippen molar-refractivity contribution >= 4 is 5.91 Å². The SMILES string of the molecule is CC(=O)N1CCC(NCC2CC2)=C(C(C)N)C1C. The number of carbonyl (C=O) groups is 1. The predicted octanol–water partition coefficient (Wildman–Crippen LogP) is 1.23. The van der Waals surface area contributed by atoms with Crippen LogP contribution in [-0.2, 0) is 4.79 Å². The van der Waals surface area contributed by atoms with Crippen molar-refractivity contribution in [3.05, 3.63) is 11.3 Å². The van der Waals surface area contributed by atoms with Crippen LogP contribution in [0.3, 0.4) is 0 Å². The quantitative estimate of drug-likeness (QED) is 0.790. The Bertz CT molecular complexity index is 358. The van der Waals surface area contributed by atoms with Crippen molar-refractivity contribution in [3.63, 3.8) is 0 Å². The van der Waals surface area contributed by atoms with Gasteiger partial charge < -0.3 is 16.0 Å². The van der Waals surface area contributed by atoms with Crippen molar-refractivity contribution in [2.45, 2.75) is 52.1 Å². The van der Waals surface area contributed by atoms with Crippen molar-refractivity contribution in [1.82, 2.24) is 10.2 Å². The third kappa shape index (κ3) is 2.86. The maximum atomic E-state index is 11.6. The van der Waals surface area contributed by atoms with E-state index in [2.05, 4.69) is 12.2 Å². The molecule has 1 fully saturated rings. The first-order valence-electron chi connectivity index (χ1n) is 7.00. The third-order valence-electron chi connectivity index (χ3n) is 4.06. The van der Waals surface area contributed by atoms with E-state index in [0.29, 0.717) is 0 Å². The number of nitrogens with two attached hydrogens (primary N) is 1. The minimum Gasteiger partial charge on any atom is -0.388 e. The van der Waals surface area contributed by atoms with Crippen LogP contribution in [0.1, 0.15) is 40.0 Å². The molecule has 0 radical (unpaired) electrons. The highest BCUT2D eigenvalue weighted by molar-refractivity contribution is 5.74. The molecule has 18 heavy (non-hydrogen) atoms. The molecule has 1 heterocycles. The normalized spacial score (nSPS) is 26.2. The Morgan fingerprint density at radius 2 is 2.22 bits per heavy atom. The van der Waals surface area contributed by atoms with Crippen molar-refractivity contribution in [2.75, 3.05) is 13.1 Å². The van der Waals surface area contributed by atoms with Gasteiger partial charge in [0.1, 0.15) is 0 Å². The highest BCUT2D eigenvalue weighted by Crippen LogP contribution is 2.30. The summed E-state index contributed by atoms with van der Waals surface area (Å²) >= 11 is 0. The molecule has 102 valence electrons. The molecule has 3 N–H and O–H groups in total. The van der Waals surface area contributed by atoms with E-state index in [0.717, 1.165) is 25.4 Å². The summed E-state index contributed by atoms with van der Waals surface area (Å²) in [6.45, 7) is 7.60. The fraction of sp³-hybridized carbons (Fsp3) is 0.786. The Morgan fingerprint density at radius 3 is 2.72 bits per heavy atom. The number of nitrogens with one attached hydrogen (secondary N) is 1. The van der Waals surface area contributed by atoms with Crippen LogP contribution >= 0.6 is 0 Å². The molecule has 0 aromatic heterocycles. The molecule has 2 unspecified atom stereocenters. The van der Waals surface area contributed by atoms with Crippen LogP contribution in [0.2, 0.25) is 0 Å². The Morgan fingerprint density at radius 1 is 1.56 bits per heavy atom. The highest BCUT2D eigenvalue weighted by Gasteiger charge is 2.30. The minimum absolute atomic E-state index is 0.00357. The first kappa shape index (κ1) is 13.4. The molecule has 1 aliphatic heterocycles. The summed E-state index contributed by atoms with van der Waals surface area (Å²) in [5.41, 5.74) is 8.58. The zero-order valence-corrected chi connectivity index (χ0v) is 11.7. The Labute approximate surface area is 110 Å². The number of nitrogens with zero attached hydrogens (tertiary/aromatic N) is 1. The van der Waals surface area contributed by atoms with Gasteiger partial charge in [0.2, 0.25) is 5.91 Å². The number of hydrogen-bond acceptors (Lipinski definition) is 3. The second kappa shape index (κ2) is 5.31. The van der Waals surface area contributed by atoms with Crippen molar-refractivity contribution in [2.24, 2.45) is 11.7 Å². The largest absolute Gasteiger partial charge is 0.388 e. The van der Waals surface area contributed by atoms with Gasteiger partial charge in [0, 0.05) is 38.2 Å². The van der Waals surface area contributed by atoms with Gasteiger partial charge in [-0.15, -0.1) is 0 Å². The zero-order chi connectivity index (χ0) is 13.3. The minimum atomic E-state index is 0.00357. The van der Waals surface area contributed by atoms with Gasteiger partial charge in [0.05, 0.1) is 6.04 Å². The molecular weight excluding hydrogens is 226 g/mol. The Kier molecular flexibility index (Phi) is 3.95. The predicted molar refractivity (Wildman–Crippen MR) is 72.9 cm³/mol. The molecule has 0 spiro atoms. The topological polar surface area (TPSA) is 58.4 Å². The van der Waals surface area contributed by atoms with Crippen LogP contribution in [0.15, 0.2) is 11.3 Å². The molecule has 4 nitrogen and oxygen atoms in total. The van der Waals surface area contributed by atoms with Gasteiger partial charge >= 0.3 is 0 Å². The lowest BCUT2D eigenvalue weighted by molar-refractivity contribution is -0.130. The fourth-order valence-corrected chi connectivity index (χ4v) is 2.86. The van der Waals surface area contributed by atoms with E-state index in [9.17, 15) is 4.79 Å². The summed E-state index contributed by atoms with van der Waals surface area (Å²) in [6, 6.07) is 0.127. The molecule has 0 saturated heterocycles. The number of hydrogen-bond donors (Lipinski definition) is 2. The van der Waals surface area contributed by atoms with E-state index in [1.54, 1.807) is 6.92 Å². The van der Waals surface area contributed by atoms with Crippen LogP contribution in [-0.4, -0.2) is 36.0 Å². The van der Waals surface area contributed by atoms with E-state index in [1.807, 2.05) is 11.8 Å². The summed E-state index contributed by atoms with van der Waals surface area (Å²) in [5, 5.41) is 3.57. The molecule has 0 aromatic carbocycles. The van der Waals surface area contributed by atoms with E-state index in [-0.39, 0.29) is 18.0 Å². The molecule has 2 rings (SSSR count). The maximum absolute atomic E-state index is 11.6. The summed E-state index contributed by atoms with van der Waals surface area (Å²) in [6.07, 6.45) is 3.61.